The Kier molecular flexibility index (Phi) is 4.09. The fourth-order valence-electron chi connectivity index (χ4n) is 1.14. The molecule has 0 heterocycles. The van der Waals surface area contributed by atoms with E-state index in [9.17, 15) is 9.18 Å². The average molecular weight is 245 g/mol. The van der Waals surface area contributed by atoms with Crippen molar-refractivity contribution in [2.24, 2.45) is 0 Å². The second-order valence-corrected chi connectivity index (χ2v) is 3.52. The highest BCUT2D eigenvalue weighted by Gasteiger charge is 2.04. The Morgan fingerprint density at radius 1 is 1.38 bits per heavy atom. The molecule has 0 radical (unpaired) electrons. The monoisotopic (exact) mass is 244 g/mol. The van der Waals surface area contributed by atoms with Gasteiger partial charge in [-0.2, -0.15) is 0 Å². The lowest BCUT2D eigenvalue weighted by Crippen LogP contribution is -1.91. The van der Waals surface area contributed by atoms with Crippen molar-refractivity contribution in [1.82, 2.24) is 0 Å². The summed E-state index contributed by atoms with van der Waals surface area (Å²) < 4.78 is 13.2. The maximum absolute atomic E-state index is 12.4. The van der Waals surface area contributed by atoms with Crippen molar-refractivity contribution < 1.29 is 9.18 Å². The highest BCUT2D eigenvalue weighted by molar-refractivity contribution is 9.10. The molecule has 0 bridgehead atoms. The molecule has 0 aromatic heterocycles. The molecule has 1 rings (SSSR count). The third kappa shape index (κ3) is 2.62. The van der Waals surface area contributed by atoms with E-state index in [1.165, 1.54) is 0 Å². The summed E-state index contributed by atoms with van der Waals surface area (Å²) in [5.41, 5.74) is 1.63. The molecule has 0 aliphatic rings. The maximum atomic E-state index is 12.4. The molecule has 0 aliphatic carbocycles. The predicted octanol–water partition coefficient (Wildman–Crippen LogP) is 3.05. The van der Waals surface area contributed by atoms with Crippen molar-refractivity contribution >= 4 is 22.2 Å². The summed E-state index contributed by atoms with van der Waals surface area (Å²) in [6.45, 7) is -0.477. The van der Waals surface area contributed by atoms with Gasteiger partial charge in [-0.3, -0.25) is 0 Å². The molecule has 1 nitrogen and oxygen atoms in total. The molecule has 0 saturated heterocycles. The lowest BCUT2D eigenvalue weighted by atomic mass is 10.1. The summed E-state index contributed by atoms with van der Waals surface area (Å²) in [6, 6.07) is 5.43. The van der Waals surface area contributed by atoms with Gasteiger partial charge >= 0.3 is 0 Å². The van der Waals surface area contributed by atoms with E-state index >= 15 is 0 Å². The summed E-state index contributed by atoms with van der Waals surface area (Å²) in [7, 11) is 0. The Labute approximate surface area is 85.1 Å². The lowest BCUT2D eigenvalue weighted by molar-refractivity contribution is -0.107. The van der Waals surface area contributed by atoms with Crippen LogP contribution >= 0.6 is 15.9 Å². The van der Waals surface area contributed by atoms with Crippen molar-refractivity contribution in [1.29, 1.82) is 0 Å². The van der Waals surface area contributed by atoms with Crippen molar-refractivity contribution in [3.8, 4) is 0 Å². The Bertz CT molecular complexity index is 299. The van der Waals surface area contributed by atoms with E-state index in [-0.39, 0.29) is 0 Å². The van der Waals surface area contributed by atoms with Gasteiger partial charge in [0.25, 0.3) is 0 Å². The number of hydrogen-bond donors (Lipinski definition) is 0. The van der Waals surface area contributed by atoms with Gasteiger partial charge in [-0.25, -0.2) is 4.39 Å². The smallest absolute Gasteiger partial charge is 0.120 e. The van der Waals surface area contributed by atoms with Gasteiger partial charge in [-0.1, -0.05) is 34.1 Å². The van der Waals surface area contributed by atoms with Gasteiger partial charge < -0.3 is 4.79 Å². The summed E-state index contributed by atoms with van der Waals surface area (Å²) >= 11 is 3.32. The van der Waals surface area contributed by atoms with E-state index in [0.717, 1.165) is 16.3 Å². The molecular formula is C10H10BrFO. The minimum absolute atomic E-state index is 0.477. The molecular weight excluding hydrogens is 235 g/mol. The molecule has 13 heavy (non-hydrogen) atoms. The quantitative estimate of drug-likeness (QED) is 0.745. The highest BCUT2D eigenvalue weighted by atomic mass is 79.9. The van der Waals surface area contributed by atoms with Crippen LogP contribution in [0.5, 0.6) is 0 Å². The standard InChI is InChI=1S/C10H10BrFO/c11-10-8(5-2-6-13)3-1-4-9(10)7-12/h1,3-4,6H,2,5,7H2. The van der Waals surface area contributed by atoms with Crippen LogP contribution in [0.15, 0.2) is 22.7 Å². The van der Waals surface area contributed by atoms with Crippen LogP contribution < -0.4 is 0 Å². The van der Waals surface area contributed by atoms with Crippen LogP contribution in [0.25, 0.3) is 0 Å². The van der Waals surface area contributed by atoms with Gasteiger partial charge in [-0.15, -0.1) is 0 Å². The molecule has 0 unspecified atom stereocenters. The molecule has 0 aliphatic heterocycles. The van der Waals surface area contributed by atoms with Crippen molar-refractivity contribution in [2.75, 3.05) is 0 Å². The second kappa shape index (κ2) is 5.12. The van der Waals surface area contributed by atoms with E-state index in [0.29, 0.717) is 18.4 Å². The van der Waals surface area contributed by atoms with Gasteiger partial charge in [0, 0.05) is 10.9 Å². The maximum Gasteiger partial charge on any atom is 0.120 e. The number of benzene rings is 1. The summed E-state index contributed by atoms with van der Waals surface area (Å²) in [6.07, 6.45) is 2.01. The van der Waals surface area contributed by atoms with Crippen LogP contribution in [0.2, 0.25) is 0 Å². The van der Waals surface area contributed by atoms with Gasteiger partial charge in [0.15, 0.2) is 0 Å². The third-order valence-electron chi connectivity index (χ3n) is 1.83. The van der Waals surface area contributed by atoms with Crippen LogP contribution in [0, 0.1) is 0 Å². The molecule has 70 valence electrons. The Balaban J connectivity index is 2.87. The molecule has 1 aromatic rings. The number of aryl methyl sites for hydroxylation is 1. The number of carbonyl (C=O) groups excluding carboxylic acids is 1. The first-order chi connectivity index (χ1) is 6.29. The zero-order chi connectivity index (χ0) is 9.68. The average Bonchev–Trinajstić information content (AvgIpc) is 2.16. The molecule has 0 fully saturated rings. The first-order valence-electron chi connectivity index (χ1n) is 4.05. The first kappa shape index (κ1) is 10.4. The summed E-state index contributed by atoms with van der Waals surface area (Å²) in [4.78, 5) is 10.2. The number of aldehydes is 1. The fourth-order valence-corrected chi connectivity index (χ4v) is 1.71. The van der Waals surface area contributed by atoms with E-state index in [1.54, 1.807) is 12.1 Å². The van der Waals surface area contributed by atoms with Crippen LogP contribution in [0.4, 0.5) is 4.39 Å². The molecule has 0 amide bonds. The number of carbonyl (C=O) groups is 1. The Morgan fingerprint density at radius 2 is 2.08 bits per heavy atom. The van der Waals surface area contributed by atoms with Crippen molar-refractivity contribution in [3.63, 3.8) is 0 Å². The Hall–Kier alpha value is -0.700. The largest absolute Gasteiger partial charge is 0.303 e. The summed E-state index contributed by atoms with van der Waals surface area (Å²) in [5.74, 6) is 0. The SMILES string of the molecule is O=CCCc1cccc(CF)c1Br. The fraction of sp³-hybridized carbons (Fsp3) is 0.300. The second-order valence-electron chi connectivity index (χ2n) is 2.73. The van der Waals surface area contributed by atoms with E-state index in [1.807, 2.05) is 6.07 Å². The number of halogens is 2. The van der Waals surface area contributed by atoms with Gasteiger partial charge in [0.1, 0.15) is 13.0 Å². The number of rotatable bonds is 4. The van der Waals surface area contributed by atoms with Gasteiger partial charge in [0.05, 0.1) is 0 Å². The van der Waals surface area contributed by atoms with Crippen LogP contribution in [0.1, 0.15) is 17.5 Å². The summed E-state index contributed by atoms with van der Waals surface area (Å²) in [5, 5.41) is 0. The molecule has 0 atom stereocenters. The molecule has 0 N–H and O–H groups in total. The molecule has 0 saturated carbocycles. The highest BCUT2D eigenvalue weighted by Crippen LogP contribution is 2.23. The number of hydrogen-bond acceptors (Lipinski definition) is 1. The zero-order valence-corrected chi connectivity index (χ0v) is 8.68. The Morgan fingerprint density at radius 3 is 2.69 bits per heavy atom. The van der Waals surface area contributed by atoms with Crippen LogP contribution in [0.3, 0.4) is 0 Å². The van der Waals surface area contributed by atoms with Crippen LogP contribution in [-0.4, -0.2) is 6.29 Å². The van der Waals surface area contributed by atoms with Crippen molar-refractivity contribution in [2.45, 2.75) is 19.5 Å². The third-order valence-corrected chi connectivity index (χ3v) is 2.85. The molecule has 3 heteroatoms. The topological polar surface area (TPSA) is 17.1 Å². The van der Waals surface area contributed by atoms with E-state index in [4.69, 9.17) is 0 Å². The van der Waals surface area contributed by atoms with Gasteiger partial charge in [-0.05, 0) is 17.5 Å². The van der Waals surface area contributed by atoms with E-state index in [2.05, 4.69) is 15.9 Å². The molecule has 0 spiro atoms. The lowest BCUT2D eigenvalue weighted by Gasteiger charge is -2.05. The van der Waals surface area contributed by atoms with Gasteiger partial charge in [0.2, 0.25) is 0 Å². The van der Waals surface area contributed by atoms with E-state index < -0.39 is 6.67 Å². The van der Waals surface area contributed by atoms with Crippen molar-refractivity contribution in [3.05, 3.63) is 33.8 Å². The minimum Gasteiger partial charge on any atom is -0.303 e. The molecule has 1 aromatic carbocycles. The zero-order valence-electron chi connectivity index (χ0n) is 7.09. The normalized spacial score (nSPS) is 10.0. The van der Waals surface area contributed by atoms with Crippen LogP contribution in [-0.2, 0) is 17.9 Å². The predicted molar refractivity (Wildman–Crippen MR) is 53.3 cm³/mol. The first-order valence-corrected chi connectivity index (χ1v) is 4.84. The minimum atomic E-state index is -0.477. The number of alkyl halides is 1.